The van der Waals surface area contributed by atoms with Gasteiger partial charge < -0.3 is 4.52 Å². The van der Waals surface area contributed by atoms with Gasteiger partial charge in [0, 0.05) is 6.16 Å². The molecule has 0 radical (unpaired) electrons. The highest BCUT2D eigenvalue weighted by molar-refractivity contribution is 7.39. The molecule has 0 N–H and O–H groups in total. The van der Waals surface area contributed by atoms with Crippen LogP contribution in [-0.2, 0) is 9.09 Å². The first-order chi connectivity index (χ1) is 5.31. The standard InChI is InChI=1S/C8H17O2P/c1-3-5-6-8-11(9)10-7-4-2/h4,11H,2-3,5-8H2,1H3. The molecule has 0 saturated heterocycles. The van der Waals surface area contributed by atoms with Gasteiger partial charge in [-0.3, -0.25) is 4.57 Å². The lowest BCUT2D eigenvalue weighted by Crippen LogP contribution is -1.84. The first-order valence-corrected chi connectivity index (χ1v) is 5.60. The van der Waals surface area contributed by atoms with Crippen molar-refractivity contribution in [1.29, 1.82) is 0 Å². The van der Waals surface area contributed by atoms with Gasteiger partial charge in [-0.1, -0.05) is 25.8 Å². The van der Waals surface area contributed by atoms with E-state index < -0.39 is 8.03 Å². The van der Waals surface area contributed by atoms with Crippen LogP contribution >= 0.6 is 8.03 Å². The maximum Gasteiger partial charge on any atom is 0.191 e. The summed E-state index contributed by atoms with van der Waals surface area (Å²) in [5.41, 5.74) is 0. The Labute approximate surface area is 69.5 Å². The van der Waals surface area contributed by atoms with Gasteiger partial charge >= 0.3 is 0 Å². The predicted octanol–water partition coefficient (Wildman–Crippen LogP) is 2.85. The van der Waals surface area contributed by atoms with E-state index in [2.05, 4.69) is 13.5 Å². The second-order valence-electron chi connectivity index (χ2n) is 2.43. The summed E-state index contributed by atoms with van der Waals surface area (Å²) in [6.45, 7) is 6.03. The summed E-state index contributed by atoms with van der Waals surface area (Å²) in [6.07, 6.45) is 5.69. The van der Waals surface area contributed by atoms with Crippen molar-refractivity contribution in [2.45, 2.75) is 26.2 Å². The van der Waals surface area contributed by atoms with Gasteiger partial charge in [-0.15, -0.1) is 6.58 Å². The summed E-state index contributed by atoms with van der Waals surface area (Å²) in [4.78, 5) is 0. The van der Waals surface area contributed by atoms with Crippen molar-refractivity contribution in [2.75, 3.05) is 12.8 Å². The summed E-state index contributed by atoms with van der Waals surface area (Å²) >= 11 is 0. The van der Waals surface area contributed by atoms with Crippen LogP contribution in [0.4, 0.5) is 0 Å². The van der Waals surface area contributed by atoms with Gasteiger partial charge in [0.2, 0.25) is 0 Å². The maximum atomic E-state index is 11.0. The average Bonchev–Trinajstić information content (AvgIpc) is 2.01. The van der Waals surface area contributed by atoms with Crippen molar-refractivity contribution in [3.8, 4) is 0 Å². The molecular weight excluding hydrogens is 159 g/mol. The van der Waals surface area contributed by atoms with Gasteiger partial charge in [0.25, 0.3) is 0 Å². The molecule has 0 aliphatic carbocycles. The zero-order chi connectivity index (χ0) is 8.53. The quantitative estimate of drug-likeness (QED) is 0.338. The van der Waals surface area contributed by atoms with Gasteiger partial charge in [0.1, 0.15) is 0 Å². The molecule has 0 aromatic rings. The Morgan fingerprint density at radius 2 is 2.27 bits per heavy atom. The van der Waals surface area contributed by atoms with E-state index >= 15 is 0 Å². The Morgan fingerprint density at radius 3 is 2.82 bits per heavy atom. The second-order valence-corrected chi connectivity index (χ2v) is 3.96. The smallest absolute Gasteiger partial charge is 0.191 e. The van der Waals surface area contributed by atoms with E-state index in [1.807, 2.05) is 0 Å². The molecule has 0 spiro atoms. The zero-order valence-electron chi connectivity index (χ0n) is 7.14. The highest BCUT2D eigenvalue weighted by atomic mass is 31.1. The first kappa shape index (κ1) is 10.9. The van der Waals surface area contributed by atoms with Gasteiger partial charge in [-0.25, -0.2) is 0 Å². The van der Waals surface area contributed by atoms with Crippen LogP contribution in [0.3, 0.4) is 0 Å². The van der Waals surface area contributed by atoms with E-state index in [4.69, 9.17) is 4.52 Å². The van der Waals surface area contributed by atoms with Crippen LogP contribution in [0.2, 0.25) is 0 Å². The van der Waals surface area contributed by atoms with Crippen molar-refractivity contribution < 1.29 is 9.09 Å². The fraction of sp³-hybridized carbons (Fsp3) is 0.750. The topological polar surface area (TPSA) is 26.3 Å². The molecule has 2 nitrogen and oxygen atoms in total. The Morgan fingerprint density at radius 1 is 1.55 bits per heavy atom. The minimum atomic E-state index is -1.75. The number of hydrogen-bond acceptors (Lipinski definition) is 2. The highest BCUT2D eigenvalue weighted by Gasteiger charge is 1.96. The summed E-state index contributed by atoms with van der Waals surface area (Å²) in [6, 6.07) is 0. The third-order valence-electron chi connectivity index (χ3n) is 1.35. The largest absolute Gasteiger partial charge is 0.326 e. The fourth-order valence-corrected chi connectivity index (χ4v) is 1.73. The lowest BCUT2D eigenvalue weighted by atomic mass is 10.3. The second kappa shape index (κ2) is 8.03. The lowest BCUT2D eigenvalue weighted by Gasteiger charge is -1.99. The molecule has 0 bridgehead atoms. The van der Waals surface area contributed by atoms with Gasteiger partial charge in [-0.05, 0) is 6.42 Å². The maximum absolute atomic E-state index is 11.0. The highest BCUT2D eigenvalue weighted by Crippen LogP contribution is 2.23. The van der Waals surface area contributed by atoms with E-state index in [0.29, 0.717) is 6.61 Å². The lowest BCUT2D eigenvalue weighted by molar-refractivity contribution is 0.370. The monoisotopic (exact) mass is 176 g/mol. The fourth-order valence-electron chi connectivity index (χ4n) is 0.743. The van der Waals surface area contributed by atoms with Crippen LogP contribution in [0.25, 0.3) is 0 Å². The van der Waals surface area contributed by atoms with E-state index in [0.717, 1.165) is 25.4 Å². The summed E-state index contributed by atoms with van der Waals surface area (Å²) < 4.78 is 16.0. The molecule has 0 aliphatic heterocycles. The summed E-state index contributed by atoms with van der Waals surface area (Å²) in [7, 11) is -1.75. The zero-order valence-corrected chi connectivity index (χ0v) is 8.14. The molecule has 0 rings (SSSR count). The Kier molecular flexibility index (Phi) is 7.98. The normalized spacial score (nSPS) is 12.8. The van der Waals surface area contributed by atoms with Crippen molar-refractivity contribution in [3.05, 3.63) is 12.7 Å². The molecule has 1 unspecified atom stereocenters. The van der Waals surface area contributed by atoms with Crippen molar-refractivity contribution in [3.63, 3.8) is 0 Å². The van der Waals surface area contributed by atoms with Gasteiger partial charge in [0.05, 0.1) is 6.61 Å². The molecule has 0 aliphatic rings. The molecule has 0 amide bonds. The van der Waals surface area contributed by atoms with E-state index in [9.17, 15) is 4.57 Å². The van der Waals surface area contributed by atoms with E-state index in [1.54, 1.807) is 6.08 Å². The third kappa shape index (κ3) is 7.83. The van der Waals surface area contributed by atoms with Crippen molar-refractivity contribution in [1.82, 2.24) is 0 Å². The number of hydrogen-bond donors (Lipinski definition) is 0. The minimum Gasteiger partial charge on any atom is -0.326 e. The van der Waals surface area contributed by atoms with Gasteiger partial charge in [0.15, 0.2) is 8.03 Å². The molecule has 1 atom stereocenters. The third-order valence-corrected chi connectivity index (χ3v) is 2.60. The Balaban J connectivity index is 3.15. The van der Waals surface area contributed by atoms with Gasteiger partial charge in [-0.2, -0.15) is 0 Å². The molecule has 0 saturated carbocycles. The van der Waals surface area contributed by atoms with Crippen LogP contribution in [0.15, 0.2) is 12.7 Å². The number of rotatable bonds is 7. The molecule has 0 aromatic carbocycles. The predicted molar refractivity (Wildman–Crippen MR) is 49.5 cm³/mol. The SMILES string of the molecule is C=CCO[PH](=O)CCCCC. The minimum absolute atomic E-state index is 0.421. The molecule has 11 heavy (non-hydrogen) atoms. The first-order valence-electron chi connectivity index (χ1n) is 4.07. The van der Waals surface area contributed by atoms with Crippen LogP contribution < -0.4 is 0 Å². The molecule has 3 heteroatoms. The van der Waals surface area contributed by atoms with Crippen LogP contribution in [0.1, 0.15) is 26.2 Å². The average molecular weight is 176 g/mol. The van der Waals surface area contributed by atoms with Crippen LogP contribution in [0, 0.1) is 0 Å². The van der Waals surface area contributed by atoms with Crippen molar-refractivity contribution in [2.24, 2.45) is 0 Å². The molecule has 0 heterocycles. The van der Waals surface area contributed by atoms with Crippen LogP contribution in [0.5, 0.6) is 0 Å². The van der Waals surface area contributed by atoms with Crippen molar-refractivity contribution >= 4 is 8.03 Å². The Hall–Kier alpha value is -0.0700. The van der Waals surface area contributed by atoms with E-state index in [1.165, 1.54) is 0 Å². The number of unbranched alkanes of at least 4 members (excludes halogenated alkanes) is 2. The molecule has 66 valence electrons. The summed E-state index contributed by atoms with van der Waals surface area (Å²) in [5.74, 6) is 0. The van der Waals surface area contributed by atoms with Crippen LogP contribution in [-0.4, -0.2) is 12.8 Å². The van der Waals surface area contributed by atoms with E-state index in [-0.39, 0.29) is 0 Å². The summed E-state index contributed by atoms with van der Waals surface area (Å²) in [5, 5.41) is 0. The molecular formula is C8H17O2P. The Bertz CT molecular complexity index is 123. The molecule has 0 fully saturated rings. The molecule has 0 aromatic heterocycles.